The topological polar surface area (TPSA) is 30.4 Å². The van der Waals surface area contributed by atoms with Crippen molar-refractivity contribution in [2.24, 2.45) is 5.10 Å². The van der Waals surface area contributed by atoms with Gasteiger partial charge in [0.15, 0.2) is 0 Å². The Morgan fingerprint density at radius 1 is 0.850 bits per heavy atom. The average molecular weight is 260 g/mol. The van der Waals surface area contributed by atoms with Gasteiger partial charge in [-0.1, -0.05) is 36.4 Å². The van der Waals surface area contributed by atoms with E-state index in [4.69, 9.17) is 4.42 Å². The summed E-state index contributed by atoms with van der Waals surface area (Å²) in [5, 5.41) is 7.03. The SMILES string of the molecule is C(=N/n1c2ccccc2c2ccccc21)/c1ccoc1. The lowest BCUT2D eigenvalue weighted by Crippen LogP contribution is -1.89. The second-order valence-electron chi connectivity index (χ2n) is 4.65. The van der Waals surface area contributed by atoms with E-state index in [1.165, 1.54) is 10.8 Å². The predicted octanol–water partition coefficient (Wildman–Crippen LogP) is 4.27. The fourth-order valence-electron chi connectivity index (χ4n) is 2.50. The van der Waals surface area contributed by atoms with Gasteiger partial charge >= 0.3 is 0 Å². The number of nitrogens with zero attached hydrogens (tertiary/aromatic N) is 2. The molecule has 20 heavy (non-hydrogen) atoms. The zero-order valence-corrected chi connectivity index (χ0v) is 10.7. The summed E-state index contributed by atoms with van der Waals surface area (Å²) >= 11 is 0. The van der Waals surface area contributed by atoms with Gasteiger partial charge in [0, 0.05) is 16.3 Å². The second kappa shape index (κ2) is 4.38. The van der Waals surface area contributed by atoms with E-state index in [1.807, 2.05) is 29.1 Å². The summed E-state index contributed by atoms with van der Waals surface area (Å²) in [6.07, 6.45) is 5.13. The van der Waals surface area contributed by atoms with Crippen LogP contribution in [0.2, 0.25) is 0 Å². The van der Waals surface area contributed by atoms with Crippen LogP contribution in [0.3, 0.4) is 0 Å². The normalized spacial score (nSPS) is 11.8. The second-order valence-corrected chi connectivity index (χ2v) is 4.65. The van der Waals surface area contributed by atoms with Crippen molar-refractivity contribution in [2.45, 2.75) is 0 Å². The third-order valence-electron chi connectivity index (χ3n) is 3.42. The molecule has 0 N–H and O–H groups in total. The van der Waals surface area contributed by atoms with Crippen LogP contribution in [0.15, 0.2) is 76.6 Å². The molecule has 0 spiro atoms. The molecule has 3 nitrogen and oxygen atoms in total. The Morgan fingerprint density at radius 3 is 2.10 bits per heavy atom. The van der Waals surface area contributed by atoms with Gasteiger partial charge < -0.3 is 4.42 Å². The highest BCUT2D eigenvalue weighted by atomic mass is 16.3. The number of furan rings is 1. The van der Waals surface area contributed by atoms with Crippen molar-refractivity contribution in [2.75, 3.05) is 0 Å². The molecule has 0 bridgehead atoms. The summed E-state index contributed by atoms with van der Waals surface area (Å²) in [4.78, 5) is 0. The fourth-order valence-corrected chi connectivity index (χ4v) is 2.50. The number of benzene rings is 2. The quantitative estimate of drug-likeness (QED) is 0.495. The minimum Gasteiger partial charge on any atom is -0.472 e. The molecule has 3 heteroatoms. The van der Waals surface area contributed by atoms with Crippen LogP contribution < -0.4 is 0 Å². The Balaban J connectivity index is 2.00. The molecule has 96 valence electrons. The van der Waals surface area contributed by atoms with E-state index in [2.05, 4.69) is 41.5 Å². The number of para-hydroxylation sites is 2. The van der Waals surface area contributed by atoms with Gasteiger partial charge in [-0.15, -0.1) is 0 Å². The highest BCUT2D eigenvalue weighted by molar-refractivity contribution is 6.08. The summed E-state index contributed by atoms with van der Waals surface area (Å²) < 4.78 is 7.03. The minimum absolute atomic E-state index is 0.951. The Labute approximate surface area is 115 Å². The van der Waals surface area contributed by atoms with Crippen LogP contribution in [0.4, 0.5) is 0 Å². The van der Waals surface area contributed by atoms with E-state index in [0.717, 1.165) is 16.6 Å². The summed E-state index contributed by atoms with van der Waals surface area (Å²) in [6.45, 7) is 0. The van der Waals surface area contributed by atoms with Crippen molar-refractivity contribution in [3.8, 4) is 0 Å². The molecule has 0 radical (unpaired) electrons. The maximum atomic E-state index is 5.06. The molecule has 0 aliphatic heterocycles. The maximum Gasteiger partial charge on any atom is 0.0991 e. The fraction of sp³-hybridized carbons (Fsp3) is 0. The predicted molar refractivity (Wildman–Crippen MR) is 81.1 cm³/mol. The molecule has 2 aromatic heterocycles. The summed E-state index contributed by atoms with van der Waals surface area (Å²) in [5.41, 5.74) is 3.16. The number of hydrogen-bond acceptors (Lipinski definition) is 2. The zero-order valence-electron chi connectivity index (χ0n) is 10.7. The van der Waals surface area contributed by atoms with E-state index in [0.29, 0.717) is 0 Å². The van der Waals surface area contributed by atoms with Gasteiger partial charge in [-0.2, -0.15) is 5.10 Å². The number of aromatic nitrogens is 1. The van der Waals surface area contributed by atoms with E-state index in [-0.39, 0.29) is 0 Å². The van der Waals surface area contributed by atoms with Gasteiger partial charge in [-0.3, -0.25) is 0 Å². The Morgan fingerprint density at radius 2 is 1.50 bits per heavy atom. The van der Waals surface area contributed by atoms with Gasteiger partial charge in [0.05, 0.1) is 29.8 Å². The molecule has 0 saturated carbocycles. The van der Waals surface area contributed by atoms with Gasteiger partial charge in [0.1, 0.15) is 0 Å². The van der Waals surface area contributed by atoms with Crippen molar-refractivity contribution in [1.29, 1.82) is 0 Å². The lowest BCUT2D eigenvalue weighted by molar-refractivity contribution is 0.567. The molecule has 2 aromatic carbocycles. The van der Waals surface area contributed by atoms with E-state index >= 15 is 0 Å². The molecule has 0 aliphatic carbocycles. The molecule has 0 aliphatic rings. The summed E-state index contributed by atoms with van der Waals surface area (Å²) in [5.74, 6) is 0. The van der Waals surface area contributed by atoms with E-state index in [1.54, 1.807) is 12.5 Å². The smallest absolute Gasteiger partial charge is 0.0991 e. The van der Waals surface area contributed by atoms with Crippen LogP contribution in [0, 0.1) is 0 Å². The van der Waals surface area contributed by atoms with Crippen molar-refractivity contribution in [1.82, 2.24) is 4.68 Å². The zero-order chi connectivity index (χ0) is 13.4. The van der Waals surface area contributed by atoms with Crippen LogP contribution in [0.25, 0.3) is 21.8 Å². The lowest BCUT2D eigenvalue weighted by atomic mass is 10.2. The lowest BCUT2D eigenvalue weighted by Gasteiger charge is -1.98. The third kappa shape index (κ3) is 1.64. The number of fused-ring (bicyclic) bond motifs is 3. The average Bonchev–Trinajstić information content (AvgIpc) is 3.11. The van der Waals surface area contributed by atoms with Gasteiger partial charge in [0.25, 0.3) is 0 Å². The largest absolute Gasteiger partial charge is 0.472 e. The van der Waals surface area contributed by atoms with E-state index in [9.17, 15) is 0 Å². The Hall–Kier alpha value is -2.81. The standard InChI is InChI=1S/C17H12N2O/c1-3-7-16-14(5-1)15-6-2-4-8-17(15)19(16)18-11-13-9-10-20-12-13/h1-12H/b18-11-. The summed E-state index contributed by atoms with van der Waals surface area (Å²) in [7, 11) is 0. The first-order valence-electron chi connectivity index (χ1n) is 6.48. The van der Waals surface area contributed by atoms with Crippen LogP contribution in [0.5, 0.6) is 0 Å². The van der Waals surface area contributed by atoms with E-state index < -0.39 is 0 Å². The van der Waals surface area contributed by atoms with Gasteiger partial charge in [-0.05, 0) is 18.2 Å². The molecule has 0 fully saturated rings. The maximum absolute atomic E-state index is 5.06. The third-order valence-corrected chi connectivity index (χ3v) is 3.42. The monoisotopic (exact) mass is 260 g/mol. The number of hydrogen-bond donors (Lipinski definition) is 0. The minimum atomic E-state index is 0.951. The van der Waals surface area contributed by atoms with Crippen LogP contribution in [-0.2, 0) is 0 Å². The first-order valence-corrected chi connectivity index (χ1v) is 6.48. The van der Waals surface area contributed by atoms with Gasteiger partial charge in [-0.25, -0.2) is 4.68 Å². The molecule has 0 amide bonds. The first kappa shape index (κ1) is 11.1. The summed E-state index contributed by atoms with van der Waals surface area (Å²) in [6, 6.07) is 18.5. The molecule has 2 heterocycles. The molecule has 4 aromatic rings. The van der Waals surface area contributed by atoms with Gasteiger partial charge in [0.2, 0.25) is 0 Å². The molecule has 4 rings (SSSR count). The Bertz CT molecular complexity index is 848. The molecular weight excluding hydrogens is 248 g/mol. The molecule has 0 unspecified atom stereocenters. The highest BCUT2D eigenvalue weighted by Crippen LogP contribution is 2.28. The number of rotatable bonds is 2. The van der Waals surface area contributed by atoms with Crippen molar-refractivity contribution in [3.63, 3.8) is 0 Å². The van der Waals surface area contributed by atoms with Crippen LogP contribution >= 0.6 is 0 Å². The van der Waals surface area contributed by atoms with Crippen LogP contribution in [0.1, 0.15) is 5.56 Å². The van der Waals surface area contributed by atoms with Crippen molar-refractivity contribution >= 4 is 28.0 Å². The molecule has 0 saturated heterocycles. The highest BCUT2D eigenvalue weighted by Gasteiger charge is 2.08. The molecule has 0 atom stereocenters. The van der Waals surface area contributed by atoms with Crippen LogP contribution in [-0.4, -0.2) is 10.9 Å². The van der Waals surface area contributed by atoms with Crippen molar-refractivity contribution < 1.29 is 4.42 Å². The Kier molecular flexibility index (Phi) is 2.42. The first-order chi connectivity index (χ1) is 9.93. The molecular formula is C17H12N2O. The van der Waals surface area contributed by atoms with Crippen molar-refractivity contribution in [3.05, 3.63) is 72.7 Å².